The molecule has 6 rings (SSSR count). The number of sulfone groups is 1. The van der Waals surface area contributed by atoms with E-state index in [1.807, 2.05) is 6.07 Å². The van der Waals surface area contributed by atoms with Crippen LogP contribution in [0.15, 0.2) is 35.2 Å². The molecule has 0 spiro atoms. The summed E-state index contributed by atoms with van der Waals surface area (Å²) in [6, 6.07) is 8.70. The van der Waals surface area contributed by atoms with E-state index in [1.54, 1.807) is 31.4 Å². The molecule has 0 bridgehead atoms. The van der Waals surface area contributed by atoms with Crippen LogP contribution in [-0.2, 0) is 14.6 Å². The molecule has 5 aliphatic rings. The Hall–Kier alpha value is -1.16. The molecule has 1 unspecified atom stereocenters. The molecule has 1 aromatic rings. The van der Waals surface area contributed by atoms with Gasteiger partial charge in [-0.05, 0) is 148 Å². The third kappa shape index (κ3) is 5.69. The fourth-order valence-electron chi connectivity index (χ4n) is 12.0. The van der Waals surface area contributed by atoms with Gasteiger partial charge in [0.25, 0.3) is 0 Å². The van der Waals surface area contributed by atoms with Crippen LogP contribution in [0.3, 0.4) is 0 Å². The van der Waals surface area contributed by atoms with Crippen molar-refractivity contribution in [2.24, 2.45) is 46.3 Å². The van der Waals surface area contributed by atoms with Crippen molar-refractivity contribution in [2.45, 2.75) is 144 Å². The Balaban J connectivity index is 1.25. The first-order valence-electron chi connectivity index (χ1n) is 17.8. The second kappa shape index (κ2) is 12.0. The fourth-order valence-corrected chi connectivity index (χ4v) is 14.1. The van der Waals surface area contributed by atoms with Gasteiger partial charge < -0.3 is 14.9 Å². The average molecular weight is 669 g/mol. The van der Waals surface area contributed by atoms with Gasteiger partial charge in [-0.1, -0.05) is 39.0 Å². The zero-order valence-corrected chi connectivity index (χ0v) is 28.9. The minimum Gasteiger partial charge on any atom is -0.390 e. The van der Waals surface area contributed by atoms with Crippen molar-refractivity contribution >= 4 is 9.84 Å². The maximum Gasteiger partial charge on any atom is 0.417 e. The topological polar surface area (TPSA) is 83.8 Å². The van der Waals surface area contributed by atoms with Crippen LogP contribution in [-0.4, -0.2) is 54.5 Å². The van der Waals surface area contributed by atoms with Gasteiger partial charge in [-0.3, -0.25) is 0 Å². The lowest BCUT2D eigenvalue weighted by atomic mass is 9.43. The number of ether oxygens (including phenoxy) is 1. The third-order valence-corrected chi connectivity index (χ3v) is 17.1. The number of halogens is 3. The molecule has 1 aromatic carbocycles. The van der Waals surface area contributed by atoms with Gasteiger partial charge in [-0.25, -0.2) is 8.42 Å². The van der Waals surface area contributed by atoms with Gasteiger partial charge in [0.1, 0.15) is 0 Å². The van der Waals surface area contributed by atoms with Crippen molar-refractivity contribution in [1.29, 1.82) is 0 Å². The summed E-state index contributed by atoms with van der Waals surface area (Å²) in [6.07, 6.45) is 3.60. The van der Waals surface area contributed by atoms with Gasteiger partial charge in [0.2, 0.25) is 0 Å². The van der Waals surface area contributed by atoms with Crippen LogP contribution in [0.2, 0.25) is 0 Å². The van der Waals surface area contributed by atoms with E-state index >= 15 is 0 Å². The van der Waals surface area contributed by atoms with E-state index < -0.39 is 32.5 Å². The number of aliphatic hydroxyl groups is 2. The van der Waals surface area contributed by atoms with E-state index in [1.165, 1.54) is 0 Å². The van der Waals surface area contributed by atoms with Gasteiger partial charge in [0.15, 0.2) is 15.4 Å². The quantitative estimate of drug-likeness (QED) is 0.307. The summed E-state index contributed by atoms with van der Waals surface area (Å²) < 4.78 is 75.9. The molecule has 5 saturated carbocycles. The molecule has 0 amide bonds. The predicted molar refractivity (Wildman–Crippen MR) is 172 cm³/mol. The molecule has 5 nitrogen and oxygen atoms in total. The van der Waals surface area contributed by atoms with Crippen LogP contribution >= 0.6 is 0 Å². The highest BCUT2D eigenvalue weighted by Gasteiger charge is 2.65. The Morgan fingerprint density at radius 1 is 0.870 bits per heavy atom. The number of hydrogen-bond donors (Lipinski definition) is 2. The molecule has 5 aliphatic carbocycles. The summed E-state index contributed by atoms with van der Waals surface area (Å²) in [6.45, 7) is 6.67. The summed E-state index contributed by atoms with van der Waals surface area (Å²) in [7, 11) is -2.05. The van der Waals surface area contributed by atoms with Crippen molar-refractivity contribution in [1.82, 2.24) is 0 Å². The lowest BCUT2D eigenvalue weighted by Gasteiger charge is -2.62. The van der Waals surface area contributed by atoms with Gasteiger partial charge in [0, 0.05) is 7.11 Å². The molecule has 0 heterocycles. The molecule has 0 radical (unpaired) electrons. The van der Waals surface area contributed by atoms with Crippen LogP contribution in [0.25, 0.3) is 0 Å². The number of benzene rings is 1. The second-order valence-corrected chi connectivity index (χ2v) is 18.9. The summed E-state index contributed by atoms with van der Waals surface area (Å²) in [4.78, 5) is 0.312. The number of methoxy groups -OCH3 is 1. The molecule has 260 valence electrons. The maximum absolute atomic E-state index is 14.4. The number of fused-ring (bicyclic) bond motifs is 5. The van der Waals surface area contributed by atoms with Crippen molar-refractivity contribution in [2.75, 3.05) is 7.11 Å². The second-order valence-electron chi connectivity index (χ2n) is 16.7. The van der Waals surface area contributed by atoms with Crippen molar-refractivity contribution in [3.05, 3.63) is 30.3 Å². The zero-order valence-electron chi connectivity index (χ0n) is 28.1. The van der Waals surface area contributed by atoms with E-state index in [4.69, 9.17) is 4.74 Å². The normalized spacial score (nSPS) is 44.5. The average Bonchev–Trinajstić information content (AvgIpc) is 3.37. The van der Waals surface area contributed by atoms with E-state index in [0.717, 1.165) is 32.1 Å². The van der Waals surface area contributed by atoms with Crippen LogP contribution in [0.4, 0.5) is 13.2 Å². The van der Waals surface area contributed by atoms with Crippen molar-refractivity contribution in [3.63, 3.8) is 0 Å². The molecular weight excluding hydrogens is 613 g/mol. The molecular formula is C37H55F3O5S. The summed E-state index contributed by atoms with van der Waals surface area (Å²) in [5, 5.41) is 21.7. The van der Waals surface area contributed by atoms with Gasteiger partial charge in [0.05, 0.1) is 21.9 Å². The smallest absolute Gasteiger partial charge is 0.390 e. The van der Waals surface area contributed by atoms with Crippen molar-refractivity contribution in [3.8, 4) is 0 Å². The third-order valence-electron chi connectivity index (χ3n) is 14.8. The Labute approximate surface area is 274 Å². The highest BCUT2D eigenvalue weighted by molar-refractivity contribution is 7.92. The van der Waals surface area contributed by atoms with Crippen LogP contribution in [0, 0.1) is 46.3 Å². The lowest BCUT2D eigenvalue weighted by Crippen LogP contribution is -2.59. The first-order valence-corrected chi connectivity index (χ1v) is 19.4. The van der Waals surface area contributed by atoms with Crippen LogP contribution in [0.1, 0.15) is 111 Å². The highest BCUT2D eigenvalue weighted by atomic mass is 32.2. The van der Waals surface area contributed by atoms with Gasteiger partial charge >= 0.3 is 6.18 Å². The van der Waals surface area contributed by atoms with Crippen LogP contribution in [0.5, 0.6) is 0 Å². The summed E-state index contributed by atoms with van der Waals surface area (Å²) >= 11 is 0. The lowest BCUT2D eigenvalue weighted by molar-refractivity contribution is -0.290. The fraction of sp³-hybridized carbons (Fsp3) is 0.838. The minimum absolute atomic E-state index is 0.0636. The molecule has 2 N–H and O–H groups in total. The van der Waals surface area contributed by atoms with E-state index in [0.29, 0.717) is 61.2 Å². The monoisotopic (exact) mass is 668 g/mol. The van der Waals surface area contributed by atoms with Crippen molar-refractivity contribution < 1.29 is 36.5 Å². The van der Waals surface area contributed by atoms with E-state index in [-0.39, 0.29) is 54.0 Å². The van der Waals surface area contributed by atoms with Gasteiger partial charge in [-0.2, -0.15) is 13.2 Å². The zero-order chi connectivity index (χ0) is 33.3. The summed E-state index contributed by atoms with van der Waals surface area (Å²) in [5.74, 6) is 1.02. The number of alkyl halides is 3. The first kappa shape index (κ1) is 34.7. The van der Waals surface area contributed by atoms with E-state index in [9.17, 15) is 31.8 Å². The van der Waals surface area contributed by atoms with Gasteiger partial charge in [-0.15, -0.1) is 0 Å². The molecule has 46 heavy (non-hydrogen) atoms. The number of rotatable bonds is 7. The van der Waals surface area contributed by atoms with Crippen LogP contribution < -0.4 is 0 Å². The summed E-state index contributed by atoms with van der Waals surface area (Å²) in [5.41, 5.74) is -3.91. The molecule has 5 fully saturated rings. The maximum atomic E-state index is 14.4. The Morgan fingerprint density at radius 2 is 1.52 bits per heavy atom. The molecule has 0 aromatic heterocycles. The highest BCUT2D eigenvalue weighted by Crippen LogP contribution is 2.69. The molecule has 0 saturated heterocycles. The molecule has 0 aliphatic heterocycles. The standard InChI is InChI=1S/C37H55F3O5S/c1-24(32(46(43,44)27-8-6-5-7-9-27)23-35(41)18-14-26(45-4)15-19-35)29-12-13-30-28-11-10-25-22-36(42,37(38,39)40)21-20-33(25,2)31(28)16-17-34(29,30)3/h5-9,24-26,28-32,41-42H,10-23H2,1-4H3/t24-,25-,26?,28-,29+,30-,31-,32?,33-,34+,35?,36-/m0/s1. The Bertz CT molecular complexity index is 1340. The molecule has 10 atom stereocenters. The van der Waals surface area contributed by atoms with E-state index in [2.05, 4.69) is 20.8 Å². The molecule has 9 heteroatoms. The predicted octanol–water partition coefficient (Wildman–Crippen LogP) is 8.13. The largest absolute Gasteiger partial charge is 0.417 e. The Kier molecular flexibility index (Phi) is 9.06. The first-order chi connectivity index (χ1) is 21.5. The Morgan fingerprint density at radius 3 is 2.15 bits per heavy atom. The minimum atomic E-state index is -4.60. The SMILES string of the molecule is COC1CCC(O)(CC([C@@H](C)[C@H]2CC[C@H]3[C@@H]4CC[C@H]5C[C@](O)(C(F)(F)F)CC[C@]5(C)[C@H]4CC[C@]23C)S(=O)(=O)c2ccccc2)CC1. The number of hydrogen-bond acceptors (Lipinski definition) is 5.